The average molecular weight is 620 g/mol. The molecular weight excluding hydrogens is 590 g/mol. The highest BCUT2D eigenvalue weighted by Crippen LogP contribution is 2.56. The largest absolute Gasteiger partial charge is 0.507 e. The minimum Gasteiger partial charge on any atom is -0.507 e. The van der Waals surface area contributed by atoms with Crippen molar-refractivity contribution in [2.24, 2.45) is 17.8 Å². The quantitative estimate of drug-likeness (QED) is 0.122. The number of aromatic hydroxyl groups is 1. The highest BCUT2D eigenvalue weighted by molar-refractivity contribution is 6.25. The lowest BCUT2D eigenvalue weighted by Gasteiger charge is -2.42. The van der Waals surface area contributed by atoms with Crippen molar-refractivity contribution in [2.45, 2.75) is 25.7 Å². The zero-order valence-corrected chi connectivity index (χ0v) is 25.5. The molecule has 1 saturated heterocycles. The second kappa shape index (κ2) is 10.7. The first-order valence-corrected chi connectivity index (χ1v) is 15.7. The second-order valence-electron chi connectivity index (χ2n) is 12.7. The minimum atomic E-state index is -0.720. The highest BCUT2D eigenvalue weighted by atomic mass is 16.3. The van der Waals surface area contributed by atoms with Crippen LogP contribution in [0.5, 0.6) is 5.75 Å². The Morgan fingerprint density at radius 1 is 0.766 bits per heavy atom. The zero-order chi connectivity index (χ0) is 32.6. The Labute approximate surface area is 270 Å². The van der Waals surface area contributed by atoms with E-state index in [1.807, 2.05) is 36.4 Å². The summed E-state index contributed by atoms with van der Waals surface area (Å²) in [5, 5.41) is 12.0. The van der Waals surface area contributed by atoms with Crippen LogP contribution in [0.15, 0.2) is 125 Å². The Kier molecular flexibility index (Phi) is 6.55. The molecular formula is C40H29NO6. The maximum atomic E-state index is 14.3. The Morgan fingerprint density at radius 3 is 2.19 bits per heavy atom. The molecule has 0 radical (unpaired) electrons. The fraction of sp³-hybridized carbons (Fsp3) is 0.175. The summed E-state index contributed by atoms with van der Waals surface area (Å²) in [5.41, 5.74) is 4.14. The smallest absolute Gasteiger partial charge is 0.238 e. The molecule has 7 heteroatoms. The third-order valence-corrected chi connectivity index (χ3v) is 10.2. The van der Waals surface area contributed by atoms with Gasteiger partial charge in [-0.25, -0.2) is 0 Å². The van der Waals surface area contributed by atoms with E-state index in [1.54, 1.807) is 67.6 Å². The number of Topliss-reactive ketones (excluding diaryl/α,β-unsaturated/α-hetero) is 1. The molecule has 4 atom stereocenters. The van der Waals surface area contributed by atoms with E-state index in [0.29, 0.717) is 45.3 Å². The summed E-state index contributed by atoms with van der Waals surface area (Å²) in [6.07, 6.45) is 3.87. The number of carbonyl (C=O) groups excluding carboxylic acids is 5. The molecule has 1 N–H and O–H groups in total. The summed E-state index contributed by atoms with van der Waals surface area (Å²) in [4.78, 5) is 69.8. The van der Waals surface area contributed by atoms with E-state index >= 15 is 0 Å². The maximum Gasteiger partial charge on any atom is 0.238 e. The summed E-state index contributed by atoms with van der Waals surface area (Å²) < 4.78 is 0. The Balaban J connectivity index is 1.20. The van der Waals surface area contributed by atoms with Crippen molar-refractivity contribution in [3.05, 3.63) is 142 Å². The van der Waals surface area contributed by atoms with Crippen LogP contribution in [-0.2, 0) is 19.2 Å². The second-order valence-corrected chi connectivity index (χ2v) is 12.7. The van der Waals surface area contributed by atoms with E-state index < -0.39 is 23.7 Å². The standard InChI is InChI=1S/C40H29NO6/c1-21-19-33(43)36-31(37(21)44)20-30-28(34(36)27-17-18-32(42)26-10-6-5-9-25(26)27)15-16-29-35(30)40(47)41(39(29)46)24-13-11-23(12-14-24)38(45)22-7-3-2-4-8-22/h2-15,17-19,29-30,34-35,42H,16,20H2,1H3. The summed E-state index contributed by atoms with van der Waals surface area (Å²) in [6, 6.07) is 26.2. The van der Waals surface area contributed by atoms with Gasteiger partial charge in [-0.05, 0) is 73.0 Å². The molecule has 47 heavy (non-hydrogen) atoms. The van der Waals surface area contributed by atoms with E-state index in [4.69, 9.17) is 0 Å². The van der Waals surface area contributed by atoms with Crippen molar-refractivity contribution in [3.8, 4) is 5.75 Å². The maximum absolute atomic E-state index is 14.3. The monoisotopic (exact) mass is 619 g/mol. The number of allylic oxidation sites excluding steroid dienone is 6. The fourth-order valence-corrected chi connectivity index (χ4v) is 8.07. The van der Waals surface area contributed by atoms with E-state index in [2.05, 4.69) is 0 Å². The normalized spacial score (nSPS) is 23.7. The van der Waals surface area contributed by atoms with Gasteiger partial charge in [-0.2, -0.15) is 0 Å². The number of imide groups is 1. The molecule has 0 spiro atoms. The Hall–Kier alpha value is -5.69. The van der Waals surface area contributed by atoms with Crippen LogP contribution < -0.4 is 4.90 Å². The molecule has 1 aliphatic heterocycles. The van der Waals surface area contributed by atoms with Gasteiger partial charge in [0.1, 0.15) is 5.75 Å². The van der Waals surface area contributed by atoms with E-state index in [1.165, 1.54) is 11.0 Å². The first kappa shape index (κ1) is 28.8. The molecule has 0 aromatic heterocycles. The predicted octanol–water partition coefficient (Wildman–Crippen LogP) is 6.41. The number of hydrogen-bond acceptors (Lipinski definition) is 6. The number of carbonyl (C=O) groups is 5. The number of phenolic OH excluding ortho intramolecular Hbond substituents is 1. The molecule has 7 nitrogen and oxygen atoms in total. The van der Waals surface area contributed by atoms with Gasteiger partial charge in [0.25, 0.3) is 0 Å². The summed E-state index contributed by atoms with van der Waals surface area (Å²) >= 11 is 0. The number of amides is 2. The third-order valence-electron chi connectivity index (χ3n) is 10.2. The lowest BCUT2D eigenvalue weighted by molar-refractivity contribution is -0.123. The predicted molar refractivity (Wildman–Crippen MR) is 176 cm³/mol. The van der Waals surface area contributed by atoms with Crippen LogP contribution in [0.1, 0.15) is 47.2 Å². The van der Waals surface area contributed by atoms with Crippen LogP contribution in [0.25, 0.3) is 10.8 Å². The van der Waals surface area contributed by atoms with Crippen LogP contribution in [0, 0.1) is 17.8 Å². The van der Waals surface area contributed by atoms with Gasteiger partial charge in [-0.3, -0.25) is 28.9 Å². The third kappa shape index (κ3) is 4.30. The van der Waals surface area contributed by atoms with Gasteiger partial charge in [0, 0.05) is 39.2 Å². The number of anilines is 1. The number of fused-ring (bicyclic) bond motifs is 4. The number of hydrogen-bond donors (Lipinski definition) is 1. The molecule has 8 rings (SSSR count). The van der Waals surface area contributed by atoms with Crippen molar-refractivity contribution >= 4 is 45.6 Å². The average Bonchev–Trinajstić information content (AvgIpc) is 3.36. The lowest BCUT2D eigenvalue weighted by atomic mass is 9.59. The first-order valence-electron chi connectivity index (χ1n) is 15.7. The summed E-state index contributed by atoms with van der Waals surface area (Å²) in [6.45, 7) is 1.63. The van der Waals surface area contributed by atoms with E-state index in [9.17, 15) is 29.1 Å². The van der Waals surface area contributed by atoms with Crippen LogP contribution >= 0.6 is 0 Å². The number of phenols is 1. The van der Waals surface area contributed by atoms with Gasteiger partial charge in [-0.1, -0.05) is 72.3 Å². The van der Waals surface area contributed by atoms with Crippen molar-refractivity contribution in [2.75, 3.05) is 4.90 Å². The lowest BCUT2D eigenvalue weighted by Crippen LogP contribution is -2.39. The van der Waals surface area contributed by atoms with Gasteiger partial charge in [0.15, 0.2) is 17.3 Å². The summed E-state index contributed by atoms with van der Waals surface area (Å²) in [5.74, 6) is -3.60. The molecule has 4 aliphatic rings. The first-order chi connectivity index (χ1) is 22.7. The Bertz CT molecular complexity index is 2170. The molecule has 1 fully saturated rings. The summed E-state index contributed by atoms with van der Waals surface area (Å²) in [7, 11) is 0. The van der Waals surface area contributed by atoms with Crippen LogP contribution in [0.2, 0.25) is 0 Å². The van der Waals surface area contributed by atoms with E-state index in [-0.39, 0.29) is 41.3 Å². The van der Waals surface area contributed by atoms with Crippen LogP contribution in [0.4, 0.5) is 5.69 Å². The zero-order valence-electron chi connectivity index (χ0n) is 25.5. The molecule has 230 valence electrons. The van der Waals surface area contributed by atoms with Gasteiger partial charge >= 0.3 is 0 Å². The molecule has 0 saturated carbocycles. The van der Waals surface area contributed by atoms with Crippen LogP contribution in [-0.4, -0.2) is 34.3 Å². The molecule has 1 heterocycles. The van der Waals surface area contributed by atoms with Crippen LogP contribution in [0.3, 0.4) is 0 Å². The van der Waals surface area contributed by atoms with Gasteiger partial charge in [0.2, 0.25) is 11.8 Å². The Morgan fingerprint density at radius 2 is 1.45 bits per heavy atom. The molecule has 4 aromatic rings. The topological polar surface area (TPSA) is 109 Å². The van der Waals surface area contributed by atoms with E-state index in [0.717, 1.165) is 16.5 Å². The SMILES string of the molecule is CC1=CC(=O)C2=C(CC3C(=CCC4C(=O)N(c5ccc(C(=O)c6ccccc6)cc5)C(=O)C43)C2c2ccc(O)c3ccccc23)C1=O. The van der Waals surface area contributed by atoms with Gasteiger partial charge in [0.05, 0.1) is 17.5 Å². The van der Waals surface area contributed by atoms with Crippen molar-refractivity contribution in [1.29, 1.82) is 0 Å². The van der Waals surface area contributed by atoms with Gasteiger partial charge < -0.3 is 5.11 Å². The number of ketones is 3. The molecule has 4 aromatic carbocycles. The fourth-order valence-electron chi connectivity index (χ4n) is 8.07. The molecule has 3 aliphatic carbocycles. The van der Waals surface area contributed by atoms with Gasteiger partial charge in [-0.15, -0.1) is 0 Å². The highest BCUT2D eigenvalue weighted by Gasteiger charge is 2.56. The van der Waals surface area contributed by atoms with Crippen molar-refractivity contribution < 1.29 is 29.1 Å². The number of nitrogens with zero attached hydrogens (tertiary/aromatic N) is 1. The number of benzene rings is 4. The molecule has 2 amide bonds. The minimum absolute atomic E-state index is 0.106. The number of rotatable bonds is 4. The molecule has 4 unspecified atom stereocenters. The van der Waals surface area contributed by atoms with Crippen molar-refractivity contribution in [3.63, 3.8) is 0 Å². The molecule has 0 bridgehead atoms. The van der Waals surface area contributed by atoms with Crippen molar-refractivity contribution in [1.82, 2.24) is 0 Å².